The Morgan fingerprint density at radius 1 is 1.12 bits per heavy atom. The van der Waals surface area contributed by atoms with E-state index in [-0.39, 0.29) is 23.8 Å². The van der Waals surface area contributed by atoms with E-state index in [0.29, 0.717) is 5.82 Å². The Morgan fingerprint density at radius 2 is 1.75 bits per heavy atom. The zero-order chi connectivity index (χ0) is 16.7. The van der Waals surface area contributed by atoms with E-state index in [1.54, 1.807) is 12.3 Å². The molecule has 128 valence electrons. The predicted octanol–water partition coefficient (Wildman–Crippen LogP) is 2.66. The van der Waals surface area contributed by atoms with Crippen LogP contribution in [0.3, 0.4) is 0 Å². The van der Waals surface area contributed by atoms with Crippen molar-refractivity contribution in [2.45, 2.75) is 45.4 Å². The molecular weight excluding hydrogens is 302 g/mol. The van der Waals surface area contributed by atoms with E-state index in [9.17, 15) is 9.59 Å². The number of nitrogens with zero attached hydrogens (tertiary/aromatic N) is 1. The summed E-state index contributed by atoms with van der Waals surface area (Å²) in [6, 6.07) is 3.67. The van der Waals surface area contributed by atoms with Crippen molar-refractivity contribution >= 4 is 17.6 Å². The Labute approximate surface area is 142 Å². The van der Waals surface area contributed by atoms with Crippen LogP contribution < -0.4 is 10.6 Å². The first-order chi connectivity index (χ1) is 11.5. The van der Waals surface area contributed by atoms with Gasteiger partial charge in [0.05, 0.1) is 6.54 Å². The van der Waals surface area contributed by atoms with Crippen LogP contribution in [0.25, 0.3) is 0 Å². The molecule has 4 aliphatic rings. The number of hydrogen-bond donors (Lipinski definition) is 2. The SMILES string of the molecule is Cc1ccc(NC(=O)CNC(=O)C23CC4CC(CC(C4)C2)C3)nc1. The van der Waals surface area contributed by atoms with E-state index < -0.39 is 0 Å². The average molecular weight is 327 g/mol. The lowest BCUT2D eigenvalue weighted by molar-refractivity contribution is -0.146. The predicted molar refractivity (Wildman–Crippen MR) is 91.2 cm³/mol. The van der Waals surface area contributed by atoms with Gasteiger partial charge in [-0.25, -0.2) is 4.98 Å². The molecule has 1 heterocycles. The number of nitrogens with one attached hydrogen (secondary N) is 2. The summed E-state index contributed by atoms with van der Waals surface area (Å²) in [4.78, 5) is 29.0. The molecule has 0 radical (unpaired) electrons. The Balaban J connectivity index is 1.33. The second-order valence-electron chi connectivity index (χ2n) is 8.15. The molecule has 4 bridgehead atoms. The van der Waals surface area contributed by atoms with Crippen LogP contribution in [-0.4, -0.2) is 23.3 Å². The third-order valence-corrected chi connectivity index (χ3v) is 6.11. The largest absolute Gasteiger partial charge is 0.347 e. The standard InChI is InChI=1S/C19H25N3O2/c1-12-2-3-16(20-10-12)22-17(23)11-21-18(24)19-7-13-4-14(8-19)6-15(5-13)9-19/h2-3,10,13-15H,4-9,11H2,1H3,(H,21,24)(H,20,22,23). The smallest absolute Gasteiger partial charge is 0.244 e. The van der Waals surface area contributed by atoms with Gasteiger partial charge in [0.15, 0.2) is 0 Å². The molecule has 0 aliphatic heterocycles. The van der Waals surface area contributed by atoms with Gasteiger partial charge in [-0.1, -0.05) is 6.07 Å². The summed E-state index contributed by atoms with van der Waals surface area (Å²) in [5, 5.41) is 5.63. The first kappa shape index (κ1) is 15.6. The third kappa shape index (κ3) is 2.92. The summed E-state index contributed by atoms with van der Waals surface area (Å²) in [7, 11) is 0. The molecule has 5 rings (SSSR count). The first-order valence-corrected chi connectivity index (χ1v) is 9.03. The van der Waals surface area contributed by atoms with Crippen LogP contribution in [0.5, 0.6) is 0 Å². The van der Waals surface area contributed by atoms with Crippen molar-refractivity contribution in [2.75, 3.05) is 11.9 Å². The lowest BCUT2D eigenvalue weighted by Gasteiger charge is -2.55. The van der Waals surface area contributed by atoms with Gasteiger partial charge in [0, 0.05) is 11.6 Å². The molecule has 4 aliphatic carbocycles. The quantitative estimate of drug-likeness (QED) is 0.893. The fraction of sp³-hybridized carbons (Fsp3) is 0.632. The normalized spacial score (nSPS) is 33.3. The second kappa shape index (κ2) is 5.87. The zero-order valence-electron chi connectivity index (χ0n) is 14.2. The minimum atomic E-state index is -0.218. The van der Waals surface area contributed by atoms with Crippen LogP contribution in [0.1, 0.15) is 44.1 Å². The molecule has 4 fully saturated rings. The Kier molecular flexibility index (Phi) is 3.82. The van der Waals surface area contributed by atoms with Gasteiger partial charge < -0.3 is 10.6 Å². The van der Waals surface area contributed by atoms with E-state index in [4.69, 9.17) is 0 Å². The van der Waals surface area contributed by atoms with Gasteiger partial charge in [-0.2, -0.15) is 0 Å². The summed E-state index contributed by atoms with van der Waals surface area (Å²) < 4.78 is 0. The van der Waals surface area contributed by atoms with Crippen molar-refractivity contribution < 1.29 is 9.59 Å². The number of hydrogen-bond acceptors (Lipinski definition) is 3. The van der Waals surface area contributed by atoms with E-state index in [1.165, 1.54) is 19.3 Å². The van der Waals surface area contributed by atoms with Gasteiger partial charge in [-0.3, -0.25) is 9.59 Å². The first-order valence-electron chi connectivity index (χ1n) is 9.03. The van der Waals surface area contributed by atoms with Gasteiger partial charge in [-0.15, -0.1) is 0 Å². The number of amides is 2. The minimum absolute atomic E-state index is 0.0239. The number of rotatable bonds is 4. The maximum absolute atomic E-state index is 12.8. The molecule has 0 spiro atoms. The van der Waals surface area contributed by atoms with Crippen molar-refractivity contribution in [3.8, 4) is 0 Å². The molecular formula is C19H25N3O2. The number of carbonyl (C=O) groups is 2. The molecule has 2 N–H and O–H groups in total. The maximum atomic E-state index is 12.8. The molecule has 5 heteroatoms. The molecule has 4 saturated carbocycles. The average Bonchev–Trinajstić information content (AvgIpc) is 2.53. The van der Waals surface area contributed by atoms with E-state index in [1.807, 2.05) is 13.0 Å². The lowest BCUT2D eigenvalue weighted by atomic mass is 9.49. The van der Waals surface area contributed by atoms with Gasteiger partial charge >= 0.3 is 0 Å². The Hall–Kier alpha value is -1.91. The Morgan fingerprint density at radius 3 is 2.29 bits per heavy atom. The summed E-state index contributed by atoms with van der Waals surface area (Å²) in [5.74, 6) is 2.58. The number of aryl methyl sites for hydroxylation is 1. The number of aromatic nitrogens is 1. The number of carbonyl (C=O) groups excluding carboxylic acids is 2. The molecule has 24 heavy (non-hydrogen) atoms. The lowest BCUT2D eigenvalue weighted by Crippen LogP contribution is -2.54. The highest BCUT2D eigenvalue weighted by Gasteiger charge is 2.54. The van der Waals surface area contributed by atoms with Gasteiger partial charge in [0.25, 0.3) is 0 Å². The second-order valence-corrected chi connectivity index (χ2v) is 8.15. The molecule has 1 aromatic heterocycles. The van der Waals surface area contributed by atoms with Crippen LogP contribution in [0.4, 0.5) is 5.82 Å². The van der Waals surface area contributed by atoms with E-state index in [0.717, 1.165) is 42.6 Å². The fourth-order valence-electron chi connectivity index (χ4n) is 5.47. The van der Waals surface area contributed by atoms with E-state index >= 15 is 0 Å². The molecule has 1 aromatic rings. The fourth-order valence-corrected chi connectivity index (χ4v) is 5.47. The molecule has 0 saturated heterocycles. The molecule has 2 amide bonds. The van der Waals surface area contributed by atoms with Crippen molar-refractivity contribution in [1.82, 2.24) is 10.3 Å². The summed E-state index contributed by atoms with van der Waals surface area (Å²) in [5.41, 5.74) is 0.847. The van der Waals surface area contributed by atoms with Crippen LogP contribution in [0.15, 0.2) is 18.3 Å². The van der Waals surface area contributed by atoms with Crippen LogP contribution >= 0.6 is 0 Å². The summed E-state index contributed by atoms with van der Waals surface area (Å²) >= 11 is 0. The number of anilines is 1. The topological polar surface area (TPSA) is 71.1 Å². The van der Waals surface area contributed by atoms with Gasteiger partial charge in [-0.05, 0) is 74.8 Å². The van der Waals surface area contributed by atoms with Crippen LogP contribution in [0, 0.1) is 30.1 Å². The van der Waals surface area contributed by atoms with Crippen molar-refractivity contribution in [3.05, 3.63) is 23.9 Å². The highest BCUT2D eigenvalue weighted by molar-refractivity contribution is 5.94. The minimum Gasteiger partial charge on any atom is -0.347 e. The Bertz CT molecular complexity index is 618. The monoisotopic (exact) mass is 327 g/mol. The third-order valence-electron chi connectivity index (χ3n) is 6.11. The number of pyridine rings is 1. The highest BCUT2D eigenvalue weighted by atomic mass is 16.2. The van der Waals surface area contributed by atoms with Crippen molar-refractivity contribution in [3.63, 3.8) is 0 Å². The summed E-state index contributed by atoms with van der Waals surface area (Å²) in [6.45, 7) is 1.97. The molecule has 0 unspecified atom stereocenters. The maximum Gasteiger partial charge on any atom is 0.244 e. The molecule has 5 nitrogen and oxygen atoms in total. The molecule has 0 atom stereocenters. The van der Waals surface area contributed by atoms with Gasteiger partial charge in [0.2, 0.25) is 11.8 Å². The summed E-state index contributed by atoms with van der Waals surface area (Å²) in [6.07, 6.45) is 8.71. The molecule has 0 aromatic carbocycles. The van der Waals surface area contributed by atoms with Gasteiger partial charge in [0.1, 0.15) is 5.82 Å². The van der Waals surface area contributed by atoms with Crippen molar-refractivity contribution in [1.29, 1.82) is 0 Å². The van der Waals surface area contributed by atoms with Crippen LogP contribution in [-0.2, 0) is 9.59 Å². The van der Waals surface area contributed by atoms with Crippen LogP contribution in [0.2, 0.25) is 0 Å². The van der Waals surface area contributed by atoms with Crippen molar-refractivity contribution in [2.24, 2.45) is 23.2 Å². The highest BCUT2D eigenvalue weighted by Crippen LogP contribution is 2.60. The van der Waals surface area contributed by atoms with E-state index in [2.05, 4.69) is 15.6 Å². The zero-order valence-corrected chi connectivity index (χ0v) is 14.2.